The van der Waals surface area contributed by atoms with Crippen LogP contribution in [-0.4, -0.2) is 57.3 Å². The van der Waals surface area contributed by atoms with Crippen molar-refractivity contribution in [1.82, 2.24) is 0 Å². The summed E-state index contributed by atoms with van der Waals surface area (Å²) < 4.78 is -0.447. The lowest BCUT2D eigenvalue weighted by atomic mass is 9.91. The number of rotatable bonds is 19. The van der Waals surface area contributed by atoms with Gasteiger partial charge >= 0.3 is 11.9 Å². The zero-order valence-electron chi connectivity index (χ0n) is 19.8. The number of quaternary nitrogens is 1. The van der Waals surface area contributed by atoms with Crippen LogP contribution in [0, 0.1) is 0 Å². The summed E-state index contributed by atoms with van der Waals surface area (Å²) >= 11 is 0. The number of hydrogen-bond donors (Lipinski definition) is 2. The number of carboxylic acids is 3. The first-order chi connectivity index (χ1) is 14.7. The molecule has 0 aliphatic heterocycles. The van der Waals surface area contributed by atoms with Gasteiger partial charge in [-0.2, -0.15) is 0 Å². The fourth-order valence-electron chi connectivity index (χ4n) is 4.80. The summed E-state index contributed by atoms with van der Waals surface area (Å²) in [7, 11) is 0. The molecule has 0 aromatic heterocycles. The Morgan fingerprint density at radius 2 is 1.26 bits per heavy atom. The maximum Gasteiger partial charge on any atom is 0.362 e. The van der Waals surface area contributed by atoms with E-state index in [-0.39, 0.29) is 25.8 Å². The quantitative estimate of drug-likeness (QED) is 0.179. The van der Waals surface area contributed by atoms with Crippen molar-refractivity contribution in [1.29, 1.82) is 0 Å². The normalized spacial score (nSPS) is 16.5. The molecule has 0 saturated heterocycles. The fraction of sp³-hybridized carbons (Fsp3) is 0.792. The fourth-order valence-corrected chi connectivity index (χ4v) is 4.80. The molecule has 0 saturated carbocycles. The molecule has 180 valence electrons. The zero-order valence-corrected chi connectivity index (χ0v) is 19.8. The Morgan fingerprint density at radius 3 is 1.65 bits per heavy atom. The number of aliphatic carboxylic acids is 3. The van der Waals surface area contributed by atoms with E-state index in [9.17, 15) is 29.7 Å². The van der Waals surface area contributed by atoms with Crippen LogP contribution in [-0.2, 0) is 14.4 Å². The number of carbonyl (C=O) groups is 3. The molecule has 0 rings (SSSR count). The molecular weight excluding hydrogens is 398 g/mol. The minimum atomic E-state index is -1.35. The first-order valence-electron chi connectivity index (χ1n) is 11.9. The Bertz CT molecular complexity index is 515. The number of carbonyl (C=O) groups excluding carboxylic acids is 1. The number of carboxylic acid groups (broad SMARTS) is 3. The zero-order chi connectivity index (χ0) is 23.9. The van der Waals surface area contributed by atoms with Crippen LogP contribution in [0.15, 0.2) is 12.2 Å². The topological polar surface area (TPSA) is 115 Å². The van der Waals surface area contributed by atoms with Crippen molar-refractivity contribution >= 4 is 17.9 Å². The minimum absolute atomic E-state index is 0.199. The van der Waals surface area contributed by atoms with Crippen molar-refractivity contribution < 1.29 is 34.2 Å². The average molecular weight is 442 g/mol. The molecule has 3 unspecified atom stereocenters. The molecule has 0 fully saturated rings. The van der Waals surface area contributed by atoms with Gasteiger partial charge in [-0.25, -0.2) is 9.59 Å². The highest BCUT2D eigenvalue weighted by Gasteiger charge is 2.54. The van der Waals surface area contributed by atoms with Gasteiger partial charge in [-0.1, -0.05) is 45.8 Å². The van der Waals surface area contributed by atoms with Crippen molar-refractivity contribution in [3.8, 4) is 0 Å². The van der Waals surface area contributed by atoms with Gasteiger partial charge in [-0.15, -0.1) is 0 Å². The summed E-state index contributed by atoms with van der Waals surface area (Å²) in [6, 6.07) is -3.33. The smallest absolute Gasteiger partial charge is 0.362 e. The van der Waals surface area contributed by atoms with E-state index in [4.69, 9.17) is 0 Å². The van der Waals surface area contributed by atoms with Gasteiger partial charge in [0.05, 0.1) is 12.5 Å². The standard InChI is InChI=1S/C24H43NO6/c1-5-9-10-11-12-13-14-18-25(19(15-6-2)22(26)27,20(16-7-3)23(28)29)21(17-8-4)24(30)31/h5,9,19-21H,6-8,10-18H2,1-4H3,(H2-,26,27,28,29,30,31)/b9-5+. The van der Waals surface area contributed by atoms with E-state index in [1.807, 2.05) is 33.8 Å². The van der Waals surface area contributed by atoms with Crippen LogP contribution in [0.25, 0.3) is 0 Å². The van der Waals surface area contributed by atoms with Gasteiger partial charge in [0.25, 0.3) is 0 Å². The van der Waals surface area contributed by atoms with Gasteiger partial charge in [0.1, 0.15) is 6.04 Å². The number of unbranched alkanes of at least 4 members (excludes halogenated alkanes) is 4. The number of allylic oxidation sites excluding steroid dienone is 2. The van der Waals surface area contributed by atoms with Gasteiger partial charge in [-0.3, -0.25) is 4.48 Å². The van der Waals surface area contributed by atoms with Crippen molar-refractivity contribution in [2.24, 2.45) is 0 Å². The van der Waals surface area contributed by atoms with Crippen LogP contribution in [0.2, 0.25) is 0 Å². The van der Waals surface area contributed by atoms with E-state index in [0.717, 1.165) is 25.7 Å². The minimum Gasteiger partial charge on any atom is -0.544 e. The van der Waals surface area contributed by atoms with Crippen LogP contribution < -0.4 is 5.11 Å². The molecule has 0 spiro atoms. The molecule has 0 radical (unpaired) electrons. The van der Waals surface area contributed by atoms with Gasteiger partial charge < -0.3 is 20.1 Å². The number of nitrogens with zero attached hydrogens (tertiary/aromatic N) is 1. The summed E-state index contributed by atoms with van der Waals surface area (Å²) in [6.07, 6.45) is 10.6. The second-order valence-corrected chi connectivity index (χ2v) is 8.40. The molecule has 0 amide bonds. The second kappa shape index (κ2) is 15.8. The van der Waals surface area contributed by atoms with Gasteiger partial charge in [0, 0.05) is 19.3 Å². The molecule has 31 heavy (non-hydrogen) atoms. The van der Waals surface area contributed by atoms with Crippen LogP contribution >= 0.6 is 0 Å². The van der Waals surface area contributed by atoms with E-state index >= 15 is 0 Å². The third-order valence-corrected chi connectivity index (χ3v) is 6.17. The summed E-state index contributed by atoms with van der Waals surface area (Å²) in [4.78, 5) is 37.0. The van der Waals surface area contributed by atoms with E-state index in [0.29, 0.717) is 25.7 Å². The largest absolute Gasteiger partial charge is 0.544 e. The monoisotopic (exact) mass is 441 g/mol. The van der Waals surface area contributed by atoms with Crippen molar-refractivity contribution in [2.75, 3.05) is 6.54 Å². The lowest BCUT2D eigenvalue weighted by Gasteiger charge is -2.52. The predicted octanol–water partition coefficient (Wildman–Crippen LogP) is 3.76. The molecule has 0 aromatic rings. The SMILES string of the molecule is C/C=C/CCCCCC[N+](C(CCC)C(=O)[O-])(C(CCC)C(=O)O)C(CCC)C(=O)O. The Labute approximate surface area is 187 Å². The molecule has 0 aliphatic rings. The molecule has 0 heterocycles. The third-order valence-electron chi connectivity index (χ3n) is 6.17. The molecule has 0 bridgehead atoms. The summed E-state index contributed by atoms with van der Waals surface area (Å²) in [5.74, 6) is -3.60. The van der Waals surface area contributed by atoms with Crippen LogP contribution in [0.5, 0.6) is 0 Å². The summed E-state index contributed by atoms with van der Waals surface area (Å²) in [5, 5.41) is 32.5. The molecule has 0 aliphatic carbocycles. The Balaban J connectivity index is 6.29. The van der Waals surface area contributed by atoms with Crippen molar-refractivity contribution in [3.63, 3.8) is 0 Å². The maximum absolute atomic E-state index is 12.4. The highest BCUT2D eigenvalue weighted by molar-refractivity contribution is 5.77. The molecular formula is C24H43NO6. The van der Waals surface area contributed by atoms with Crippen LogP contribution in [0.4, 0.5) is 0 Å². The van der Waals surface area contributed by atoms with E-state index in [1.165, 1.54) is 0 Å². The first kappa shape index (κ1) is 29.1. The van der Waals surface area contributed by atoms with Gasteiger partial charge in [0.15, 0.2) is 12.1 Å². The van der Waals surface area contributed by atoms with E-state index in [2.05, 4.69) is 6.08 Å². The highest BCUT2D eigenvalue weighted by atomic mass is 16.4. The van der Waals surface area contributed by atoms with Crippen LogP contribution in [0.1, 0.15) is 98.3 Å². The third kappa shape index (κ3) is 8.63. The highest BCUT2D eigenvalue weighted by Crippen LogP contribution is 2.34. The maximum atomic E-state index is 12.4. The molecule has 0 aromatic carbocycles. The Kier molecular flexibility index (Phi) is 14.9. The Hall–Kier alpha value is -1.89. The van der Waals surface area contributed by atoms with Gasteiger partial charge in [-0.05, 0) is 45.4 Å². The molecule has 7 heteroatoms. The molecule has 2 N–H and O–H groups in total. The average Bonchev–Trinajstić information content (AvgIpc) is 2.71. The second-order valence-electron chi connectivity index (χ2n) is 8.40. The summed E-state index contributed by atoms with van der Waals surface area (Å²) in [6.45, 7) is 7.71. The predicted molar refractivity (Wildman–Crippen MR) is 119 cm³/mol. The lowest BCUT2D eigenvalue weighted by molar-refractivity contribution is -0.975. The Morgan fingerprint density at radius 1 is 0.806 bits per heavy atom. The lowest BCUT2D eigenvalue weighted by Crippen LogP contribution is -2.74. The summed E-state index contributed by atoms with van der Waals surface area (Å²) in [5.41, 5.74) is 0. The first-order valence-corrected chi connectivity index (χ1v) is 11.9. The number of hydrogen-bond acceptors (Lipinski definition) is 4. The van der Waals surface area contributed by atoms with Crippen LogP contribution in [0.3, 0.4) is 0 Å². The molecule has 3 atom stereocenters. The van der Waals surface area contributed by atoms with Gasteiger partial charge in [0.2, 0.25) is 0 Å². The molecule has 7 nitrogen and oxygen atoms in total. The van der Waals surface area contributed by atoms with Crippen molar-refractivity contribution in [3.05, 3.63) is 12.2 Å². The van der Waals surface area contributed by atoms with E-state index < -0.39 is 40.5 Å². The van der Waals surface area contributed by atoms with Crippen molar-refractivity contribution in [2.45, 2.75) is 116 Å². The van der Waals surface area contributed by atoms with E-state index in [1.54, 1.807) is 0 Å².